The maximum Gasteiger partial charge on any atom is 0.141 e. The molecular formula is C14H20N2O2. The van der Waals surface area contributed by atoms with Gasteiger partial charge in [0, 0.05) is 25.9 Å². The molecule has 1 aromatic rings. The van der Waals surface area contributed by atoms with Gasteiger partial charge < -0.3 is 19.7 Å². The molecular weight excluding hydrogens is 228 g/mol. The summed E-state index contributed by atoms with van der Waals surface area (Å²) in [4.78, 5) is 13.2. The summed E-state index contributed by atoms with van der Waals surface area (Å²) in [6, 6.07) is 7.93. The number of nitrogens with one attached hydrogen (secondary N) is 1. The van der Waals surface area contributed by atoms with Crippen LogP contribution in [-0.4, -0.2) is 39.6 Å². The lowest BCUT2D eigenvalue weighted by atomic mass is 10.1. The molecule has 4 nitrogen and oxygen atoms in total. The van der Waals surface area contributed by atoms with Gasteiger partial charge in [-0.25, -0.2) is 0 Å². The summed E-state index contributed by atoms with van der Waals surface area (Å²) in [7, 11) is 3.55. The molecule has 0 amide bonds. The summed E-state index contributed by atoms with van der Waals surface area (Å²) in [5.74, 6) is 0. The van der Waals surface area contributed by atoms with Crippen LogP contribution in [0, 0.1) is 0 Å². The predicted molar refractivity (Wildman–Crippen MR) is 71.9 cm³/mol. The van der Waals surface area contributed by atoms with E-state index in [0.717, 1.165) is 31.4 Å². The Bertz CT molecular complexity index is 391. The molecule has 1 aliphatic rings. The second kappa shape index (κ2) is 5.98. The van der Waals surface area contributed by atoms with Gasteiger partial charge in [-0.15, -0.1) is 0 Å². The lowest BCUT2D eigenvalue weighted by Crippen LogP contribution is -2.22. The first-order valence-corrected chi connectivity index (χ1v) is 6.28. The summed E-state index contributed by atoms with van der Waals surface area (Å²) < 4.78 is 5.36. The Labute approximate surface area is 108 Å². The maximum atomic E-state index is 10.9. The van der Waals surface area contributed by atoms with E-state index in [1.54, 1.807) is 14.2 Å². The van der Waals surface area contributed by atoms with Crippen molar-refractivity contribution in [2.24, 2.45) is 0 Å². The van der Waals surface area contributed by atoms with Gasteiger partial charge in [0.15, 0.2) is 0 Å². The zero-order valence-corrected chi connectivity index (χ0v) is 10.9. The van der Waals surface area contributed by atoms with Crippen LogP contribution in [0.3, 0.4) is 0 Å². The number of anilines is 1. The van der Waals surface area contributed by atoms with E-state index in [-0.39, 0.29) is 6.04 Å². The Balaban J connectivity index is 2.06. The Kier molecular flexibility index (Phi) is 4.33. The van der Waals surface area contributed by atoms with Crippen LogP contribution in [0.4, 0.5) is 5.69 Å². The highest BCUT2D eigenvalue weighted by atomic mass is 16.5. The lowest BCUT2D eigenvalue weighted by molar-refractivity contribution is -0.109. The number of nitrogens with zero attached hydrogens (tertiary/aromatic N) is 1. The monoisotopic (exact) mass is 248 g/mol. The zero-order valence-electron chi connectivity index (χ0n) is 10.9. The minimum absolute atomic E-state index is 0.218. The van der Waals surface area contributed by atoms with E-state index >= 15 is 0 Å². The molecule has 0 aliphatic carbocycles. The molecule has 0 aromatic heterocycles. The van der Waals surface area contributed by atoms with Gasteiger partial charge in [0.1, 0.15) is 6.29 Å². The molecule has 1 unspecified atom stereocenters. The third-order valence-corrected chi connectivity index (χ3v) is 3.54. The van der Waals surface area contributed by atoms with E-state index in [9.17, 15) is 4.79 Å². The number of benzene rings is 1. The maximum absolute atomic E-state index is 10.9. The van der Waals surface area contributed by atoms with Gasteiger partial charge in [-0.1, -0.05) is 12.1 Å². The number of carbonyl (C=O) groups is 1. The lowest BCUT2D eigenvalue weighted by Gasteiger charge is -2.19. The highest BCUT2D eigenvalue weighted by molar-refractivity contribution is 5.62. The summed E-state index contributed by atoms with van der Waals surface area (Å²) in [6.45, 7) is 1.97. The number of likely N-dealkylation sites (N-methyl/N-ethyl adjacent to an activating group) is 1. The average Bonchev–Trinajstić information content (AvgIpc) is 2.90. The largest absolute Gasteiger partial charge is 0.380 e. The molecule has 1 aliphatic heterocycles. The number of hydrogen-bond donors (Lipinski definition) is 1. The van der Waals surface area contributed by atoms with Crippen LogP contribution in [0.1, 0.15) is 18.0 Å². The first-order chi connectivity index (χ1) is 8.78. The third kappa shape index (κ3) is 2.71. The highest BCUT2D eigenvalue weighted by Crippen LogP contribution is 2.23. The molecule has 2 rings (SSSR count). The van der Waals surface area contributed by atoms with Gasteiger partial charge in [-0.05, 0) is 31.2 Å². The molecule has 4 heteroatoms. The van der Waals surface area contributed by atoms with Crippen molar-refractivity contribution < 1.29 is 9.53 Å². The number of aldehydes is 1. The van der Waals surface area contributed by atoms with E-state index in [2.05, 4.69) is 22.3 Å². The van der Waals surface area contributed by atoms with Crippen LogP contribution in [0.25, 0.3) is 0 Å². The molecule has 1 saturated heterocycles. The van der Waals surface area contributed by atoms with E-state index in [1.807, 2.05) is 12.1 Å². The normalized spacial score (nSPS) is 21.0. The number of rotatable bonds is 5. The summed E-state index contributed by atoms with van der Waals surface area (Å²) in [5, 5.41) is 2.97. The van der Waals surface area contributed by atoms with Gasteiger partial charge in [-0.2, -0.15) is 0 Å². The van der Waals surface area contributed by atoms with Crippen LogP contribution >= 0.6 is 0 Å². The SMILES string of the molecule is CNC(C=O)c1ccc(N2CC[C@H](OC)C2)cc1. The van der Waals surface area contributed by atoms with E-state index in [1.165, 1.54) is 5.69 Å². The molecule has 98 valence electrons. The molecule has 0 radical (unpaired) electrons. The molecule has 0 spiro atoms. The quantitative estimate of drug-likeness (QED) is 0.799. The number of ether oxygens (including phenoxy) is 1. The topological polar surface area (TPSA) is 41.6 Å². The van der Waals surface area contributed by atoms with Crippen molar-refractivity contribution in [3.05, 3.63) is 29.8 Å². The van der Waals surface area contributed by atoms with Gasteiger partial charge in [0.2, 0.25) is 0 Å². The number of carbonyl (C=O) groups excluding carboxylic acids is 1. The van der Waals surface area contributed by atoms with Crippen LogP contribution in [0.15, 0.2) is 24.3 Å². The van der Waals surface area contributed by atoms with Crippen molar-refractivity contribution in [1.29, 1.82) is 0 Å². The Morgan fingerprint density at radius 3 is 2.67 bits per heavy atom. The van der Waals surface area contributed by atoms with Crippen molar-refractivity contribution in [2.75, 3.05) is 32.1 Å². The molecule has 1 N–H and O–H groups in total. The summed E-state index contributed by atoms with van der Waals surface area (Å²) >= 11 is 0. The van der Waals surface area contributed by atoms with Crippen LogP contribution < -0.4 is 10.2 Å². The Morgan fingerprint density at radius 1 is 1.44 bits per heavy atom. The van der Waals surface area contributed by atoms with Crippen molar-refractivity contribution in [3.8, 4) is 0 Å². The molecule has 18 heavy (non-hydrogen) atoms. The Morgan fingerprint density at radius 2 is 2.17 bits per heavy atom. The summed E-state index contributed by atoms with van der Waals surface area (Å²) in [6.07, 6.45) is 2.34. The zero-order chi connectivity index (χ0) is 13.0. The van der Waals surface area contributed by atoms with Crippen molar-refractivity contribution >= 4 is 12.0 Å². The third-order valence-electron chi connectivity index (χ3n) is 3.54. The minimum Gasteiger partial charge on any atom is -0.380 e. The van der Waals surface area contributed by atoms with E-state index in [4.69, 9.17) is 4.74 Å². The molecule has 1 heterocycles. The molecule has 2 atom stereocenters. The van der Waals surface area contributed by atoms with Gasteiger partial charge in [0.25, 0.3) is 0 Å². The summed E-state index contributed by atoms with van der Waals surface area (Å²) in [5.41, 5.74) is 2.19. The second-order valence-electron chi connectivity index (χ2n) is 4.59. The smallest absolute Gasteiger partial charge is 0.141 e. The standard InChI is InChI=1S/C14H20N2O2/c1-15-14(10-17)11-3-5-12(6-4-11)16-8-7-13(9-16)18-2/h3-6,10,13-15H,7-9H2,1-2H3/t13-,14?/m0/s1. The van der Waals surface area contributed by atoms with Crippen molar-refractivity contribution in [3.63, 3.8) is 0 Å². The second-order valence-corrected chi connectivity index (χ2v) is 4.59. The minimum atomic E-state index is -0.218. The van der Waals surface area contributed by atoms with Crippen LogP contribution in [-0.2, 0) is 9.53 Å². The van der Waals surface area contributed by atoms with Crippen LogP contribution in [0.5, 0.6) is 0 Å². The first-order valence-electron chi connectivity index (χ1n) is 6.28. The van der Waals surface area contributed by atoms with Gasteiger partial charge in [0.05, 0.1) is 12.1 Å². The predicted octanol–water partition coefficient (Wildman–Crippen LogP) is 1.37. The van der Waals surface area contributed by atoms with Crippen molar-refractivity contribution in [2.45, 2.75) is 18.6 Å². The van der Waals surface area contributed by atoms with Crippen molar-refractivity contribution in [1.82, 2.24) is 5.32 Å². The van der Waals surface area contributed by atoms with Gasteiger partial charge in [-0.3, -0.25) is 0 Å². The average molecular weight is 248 g/mol. The fraction of sp³-hybridized carbons (Fsp3) is 0.500. The number of hydrogen-bond acceptors (Lipinski definition) is 4. The number of methoxy groups -OCH3 is 1. The van der Waals surface area contributed by atoms with Crippen LogP contribution in [0.2, 0.25) is 0 Å². The van der Waals surface area contributed by atoms with Gasteiger partial charge >= 0.3 is 0 Å². The first kappa shape index (κ1) is 13.1. The molecule has 1 aromatic carbocycles. The molecule has 0 saturated carbocycles. The van der Waals surface area contributed by atoms with E-state index in [0.29, 0.717) is 6.10 Å². The molecule has 1 fully saturated rings. The molecule has 0 bridgehead atoms. The fourth-order valence-corrected chi connectivity index (χ4v) is 2.36. The Hall–Kier alpha value is -1.39. The van der Waals surface area contributed by atoms with E-state index < -0.39 is 0 Å². The fourth-order valence-electron chi connectivity index (χ4n) is 2.36. The highest BCUT2D eigenvalue weighted by Gasteiger charge is 2.22.